The van der Waals surface area contributed by atoms with E-state index in [0.717, 1.165) is 31.0 Å². The maximum Gasteiger partial charge on any atom is 0.276 e. The van der Waals surface area contributed by atoms with Gasteiger partial charge in [-0.1, -0.05) is 18.2 Å². The Bertz CT molecular complexity index is 1180. The number of rotatable bonds is 7. The summed E-state index contributed by atoms with van der Waals surface area (Å²) in [6.45, 7) is 8.29. The van der Waals surface area contributed by atoms with Crippen LogP contribution in [0.1, 0.15) is 17.0 Å². The molecule has 0 unspecified atom stereocenters. The first-order valence-electron chi connectivity index (χ1n) is 10.8. The highest BCUT2D eigenvalue weighted by Crippen LogP contribution is 2.23. The molecule has 1 aliphatic rings. The van der Waals surface area contributed by atoms with Crippen molar-refractivity contribution < 1.29 is 13.9 Å². The van der Waals surface area contributed by atoms with Gasteiger partial charge in [-0.05, 0) is 19.9 Å². The lowest BCUT2D eigenvalue weighted by Gasteiger charge is -2.26. The molecular formula is C23H28FN5O3. The van der Waals surface area contributed by atoms with E-state index in [4.69, 9.17) is 4.74 Å². The number of nitrogens with zero attached hydrogens (tertiary/aromatic N) is 4. The summed E-state index contributed by atoms with van der Waals surface area (Å²) in [5, 5.41) is 8.29. The number of aromatic nitrogens is 3. The van der Waals surface area contributed by atoms with E-state index >= 15 is 0 Å². The minimum Gasteiger partial charge on any atom is -0.379 e. The lowest BCUT2D eigenvalue weighted by atomic mass is 10.2. The van der Waals surface area contributed by atoms with Crippen LogP contribution in [-0.4, -0.2) is 64.5 Å². The number of amides is 1. The molecule has 32 heavy (non-hydrogen) atoms. The molecule has 1 N–H and O–H groups in total. The highest BCUT2D eigenvalue weighted by Gasteiger charge is 2.18. The number of hydrogen-bond acceptors (Lipinski definition) is 5. The average Bonchev–Trinajstić information content (AvgIpc) is 3.03. The Labute approximate surface area is 185 Å². The van der Waals surface area contributed by atoms with Crippen molar-refractivity contribution in [2.24, 2.45) is 0 Å². The van der Waals surface area contributed by atoms with E-state index in [1.54, 1.807) is 24.4 Å². The molecule has 0 aliphatic carbocycles. The predicted molar refractivity (Wildman–Crippen MR) is 119 cm³/mol. The van der Waals surface area contributed by atoms with Crippen LogP contribution in [0.4, 0.5) is 4.39 Å². The number of ether oxygens (including phenoxy) is 1. The zero-order valence-corrected chi connectivity index (χ0v) is 18.4. The molecule has 0 spiro atoms. The number of aryl methyl sites for hydroxylation is 2. The van der Waals surface area contributed by atoms with Crippen molar-refractivity contribution in [3.05, 3.63) is 63.6 Å². The van der Waals surface area contributed by atoms with Crippen LogP contribution in [0, 0.1) is 19.7 Å². The van der Waals surface area contributed by atoms with Crippen molar-refractivity contribution in [3.8, 4) is 0 Å². The van der Waals surface area contributed by atoms with Gasteiger partial charge >= 0.3 is 0 Å². The van der Waals surface area contributed by atoms with Crippen LogP contribution >= 0.6 is 0 Å². The summed E-state index contributed by atoms with van der Waals surface area (Å²) in [7, 11) is 0. The molecule has 0 radical (unpaired) electrons. The second kappa shape index (κ2) is 9.62. The van der Waals surface area contributed by atoms with Gasteiger partial charge in [-0.15, -0.1) is 0 Å². The Balaban J connectivity index is 1.49. The molecule has 1 aromatic carbocycles. The van der Waals surface area contributed by atoms with E-state index in [2.05, 4.69) is 15.3 Å². The molecular weight excluding hydrogens is 413 g/mol. The van der Waals surface area contributed by atoms with Gasteiger partial charge in [0.1, 0.15) is 12.4 Å². The Morgan fingerprint density at radius 3 is 2.69 bits per heavy atom. The lowest BCUT2D eigenvalue weighted by Crippen LogP contribution is -2.42. The topological polar surface area (TPSA) is 81.4 Å². The van der Waals surface area contributed by atoms with Crippen molar-refractivity contribution >= 4 is 16.7 Å². The van der Waals surface area contributed by atoms with Crippen LogP contribution < -0.4 is 10.9 Å². The van der Waals surface area contributed by atoms with Gasteiger partial charge in [0.2, 0.25) is 5.91 Å². The minimum absolute atomic E-state index is 0.144. The molecule has 1 fully saturated rings. The monoisotopic (exact) mass is 441 g/mol. The van der Waals surface area contributed by atoms with Crippen molar-refractivity contribution in [1.82, 2.24) is 24.6 Å². The second-order valence-corrected chi connectivity index (χ2v) is 8.05. The molecule has 0 bridgehead atoms. The summed E-state index contributed by atoms with van der Waals surface area (Å²) in [5.41, 5.74) is 1.80. The van der Waals surface area contributed by atoms with Gasteiger partial charge in [0.25, 0.3) is 5.56 Å². The molecule has 0 atom stereocenters. The van der Waals surface area contributed by atoms with Crippen molar-refractivity contribution in [2.45, 2.75) is 26.9 Å². The third-order valence-corrected chi connectivity index (χ3v) is 6.04. The SMILES string of the molecule is Cc1c2cnn(CC(=O)NCCN3CCOCC3)c(=O)c2c(C)n1Cc1ccccc1F. The van der Waals surface area contributed by atoms with Gasteiger partial charge in [0, 0.05) is 48.5 Å². The van der Waals surface area contributed by atoms with E-state index in [-0.39, 0.29) is 23.8 Å². The highest BCUT2D eigenvalue weighted by atomic mass is 19.1. The fraction of sp³-hybridized carbons (Fsp3) is 0.435. The lowest BCUT2D eigenvalue weighted by molar-refractivity contribution is -0.122. The number of halogens is 1. The maximum atomic E-state index is 14.2. The number of fused-ring (bicyclic) bond motifs is 1. The minimum atomic E-state index is -0.321. The van der Waals surface area contributed by atoms with Gasteiger partial charge in [0.15, 0.2) is 0 Å². The molecule has 0 saturated carbocycles. The summed E-state index contributed by atoms with van der Waals surface area (Å²) in [5.74, 6) is -0.541. The first kappa shape index (κ1) is 22.2. The number of hydrogen-bond donors (Lipinski definition) is 1. The number of morpholine rings is 1. The Morgan fingerprint density at radius 2 is 1.94 bits per heavy atom. The highest BCUT2D eigenvalue weighted by molar-refractivity contribution is 5.87. The molecule has 2 aromatic heterocycles. The van der Waals surface area contributed by atoms with E-state index < -0.39 is 0 Å². The average molecular weight is 442 g/mol. The maximum absolute atomic E-state index is 14.2. The Morgan fingerprint density at radius 1 is 1.19 bits per heavy atom. The van der Waals surface area contributed by atoms with Crippen LogP contribution in [0.25, 0.3) is 10.8 Å². The van der Waals surface area contributed by atoms with Gasteiger partial charge in [0.05, 0.1) is 31.3 Å². The molecule has 1 amide bonds. The molecule has 170 valence electrons. The zero-order valence-electron chi connectivity index (χ0n) is 18.4. The first-order valence-corrected chi connectivity index (χ1v) is 10.8. The van der Waals surface area contributed by atoms with Crippen LogP contribution in [0.3, 0.4) is 0 Å². The predicted octanol–water partition coefficient (Wildman–Crippen LogP) is 1.45. The third kappa shape index (κ3) is 4.58. The fourth-order valence-electron chi connectivity index (χ4n) is 4.16. The summed E-state index contributed by atoms with van der Waals surface area (Å²) >= 11 is 0. The molecule has 3 aromatic rings. The van der Waals surface area contributed by atoms with Gasteiger partial charge in [-0.25, -0.2) is 9.07 Å². The van der Waals surface area contributed by atoms with E-state index in [0.29, 0.717) is 42.6 Å². The van der Waals surface area contributed by atoms with Crippen LogP contribution in [-0.2, 0) is 22.6 Å². The first-order chi connectivity index (χ1) is 15.5. The van der Waals surface area contributed by atoms with Gasteiger partial charge in [-0.3, -0.25) is 14.5 Å². The number of carbonyl (C=O) groups excluding carboxylic acids is 1. The number of nitrogens with one attached hydrogen (secondary N) is 1. The summed E-state index contributed by atoms with van der Waals surface area (Å²) in [4.78, 5) is 27.7. The normalized spacial score (nSPS) is 14.7. The molecule has 8 nitrogen and oxygen atoms in total. The van der Waals surface area contributed by atoms with Crippen LogP contribution in [0.15, 0.2) is 35.3 Å². The Kier molecular flexibility index (Phi) is 6.66. The summed E-state index contributed by atoms with van der Waals surface area (Å²) in [6, 6.07) is 6.60. The summed E-state index contributed by atoms with van der Waals surface area (Å²) in [6.07, 6.45) is 1.61. The summed E-state index contributed by atoms with van der Waals surface area (Å²) < 4.78 is 22.6. The van der Waals surface area contributed by atoms with Crippen molar-refractivity contribution in [2.75, 3.05) is 39.4 Å². The van der Waals surface area contributed by atoms with Crippen molar-refractivity contribution in [3.63, 3.8) is 0 Å². The number of benzene rings is 1. The quantitative estimate of drug-likeness (QED) is 0.600. The van der Waals surface area contributed by atoms with E-state index in [1.807, 2.05) is 18.4 Å². The number of carbonyl (C=O) groups is 1. The van der Waals surface area contributed by atoms with Crippen LogP contribution in [0.2, 0.25) is 0 Å². The molecule has 9 heteroatoms. The Hall–Kier alpha value is -3.04. The van der Waals surface area contributed by atoms with Gasteiger partial charge in [-0.2, -0.15) is 5.10 Å². The van der Waals surface area contributed by atoms with E-state index in [1.165, 1.54) is 10.7 Å². The smallest absolute Gasteiger partial charge is 0.276 e. The molecule has 4 rings (SSSR count). The fourth-order valence-corrected chi connectivity index (χ4v) is 4.16. The van der Waals surface area contributed by atoms with Crippen molar-refractivity contribution in [1.29, 1.82) is 0 Å². The van der Waals surface area contributed by atoms with Gasteiger partial charge < -0.3 is 14.6 Å². The molecule has 3 heterocycles. The third-order valence-electron chi connectivity index (χ3n) is 6.04. The van der Waals surface area contributed by atoms with E-state index in [9.17, 15) is 14.0 Å². The standard InChI is InChI=1S/C23H28FN5O3/c1-16-19-13-26-29(15-21(30)25-7-8-27-9-11-32-12-10-27)23(31)22(19)17(2)28(16)14-18-5-3-4-6-20(18)24/h3-6,13H,7-12,14-15H2,1-2H3,(H,25,30). The second-order valence-electron chi connectivity index (χ2n) is 8.05. The molecule has 1 aliphatic heterocycles. The zero-order chi connectivity index (χ0) is 22.7. The largest absolute Gasteiger partial charge is 0.379 e. The molecule has 1 saturated heterocycles. The van der Waals surface area contributed by atoms with Crippen LogP contribution in [0.5, 0.6) is 0 Å².